The van der Waals surface area contributed by atoms with E-state index in [1.54, 1.807) is 0 Å². The van der Waals surface area contributed by atoms with Gasteiger partial charge in [-0.2, -0.15) is 0 Å². The normalized spacial score (nSPS) is 28.6. The average Bonchev–Trinajstić information content (AvgIpc) is 3.39. The Morgan fingerprint density at radius 2 is 1.52 bits per heavy atom. The van der Waals surface area contributed by atoms with Crippen molar-refractivity contribution in [2.75, 3.05) is 33.0 Å². The van der Waals surface area contributed by atoms with E-state index in [0.29, 0.717) is 12.2 Å². The highest BCUT2D eigenvalue weighted by Crippen LogP contribution is 2.12. The fourth-order valence-electron chi connectivity index (χ4n) is 1.28. The van der Waals surface area contributed by atoms with E-state index < -0.39 is 31.0 Å². The molecule has 124 valence electrons. The van der Waals surface area contributed by atoms with Gasteiger partial charge in [0.1, 0.15) is 36.6 Å². The van der Waals surface area contributed by atoms with Crippen molar-refractivity contribution in [3.63, 3.8) is 0 Å². The Balaban J connectivity index is 0.000000216. The van der Waals surface area contributed by atoms with Crippen LogP contribution in [0.3, 0.4) is 0 Å². The molecule has 9 nitrogen and oxygen atoms in total. The van der Waals surface area contributed by atoms with Crippen molar-refractivity contribution < 1.29 is 44.5 Å². The maximum Gasteiger partial charge on any atom is 0.151 e. The Labute approximate surface area is 121 Å². The van der Waals surface area contributed by atoms with E-state index in [9.17, 15) is 4.79 Å². The minimum Gasteiger partial charge on any atom is -0.394 e. The summed E-state index contributed by atoms with van der Waals surface area (Å²) in [5, 5.41) is 43.5. The van der Waals surface area contributed by atoms with Crippen molar-refractivity contribution in [3.05, 3.63) is 0 Å². The molecule has 0 radical (unpaired) electrons. The van der Waals surface area contributed by atoms with Gasteiger partial charge >= 0.3 is 0 Å². The summed E-state index contributed by atoms with van der Waals surface area (Å²) in [6.07, 6.45) is -6.05. The molecule has 0 bridgehead atoms. The zero-order valence-electron chi connectivity index (χ0n) is 11.4. The van der Waals surface area contributed by atoms with Crippen LogP contribution in [0, 0.1) is 0 Å². The van der Waals surface area contributed by atoms with Gasteiger partial charge in [-0.05, 0) is 0 Å². The lowest BCUT2D eigenvalue weighted by Gasteiger charge is -2.22. The molecule has 9 heteroatoms. The van der Waals surface area contributed by atoms with Gasteiger partial charge in [0, 0.05) is 0 Å². The third-order valence-electron chi connectivity index (χ3n) is 2.83. The third kappa shape index (κ3) is 7.79. The monoisotopic (exact) mass is 310 g/mol. The number of epoxide rings is 2. The van der Waals surface area contributed by atoms with Crippen molar-refractivity contribution >= 4 is 6.29 Å². The van der Waals surface area contributed by atoms with Gasteiger partial charge in [0.05, 0.1) is 33.0 Å². The van der Waals surface area contributed by atoms with Crippen LogP contribution in [0.25, 0.3) is 0 Å². The Morgan fingerprint density at radius 1 is 1.05 bits per heavy atom. The molecule has 2 aliphatic heterocycles. The summed E-state index contributed by atoms with van der Waals surface area (Å²) < 4.78 is 15.1. The van der Waals surface area contributed by atoms with Gasteiger partial charge in [-0.1, -0.05) is 0 Å². The van der Waals surface area contributed by atoms with Crippen LogP contribution in [0.5, 0.6) is 0 Å². The second-order valence-corrected chi connectivity index (χ2v) is 4.81. The Bertz CT molecular complexity index is 280. The van der Waals surface area contributed by atoms with E-state index in [2.05, 4.69) is 0 Å². The summed E-state index contributed by atoms with van der Waals surface area (Å²) in [6, 6.07) is 0. The molecule has 2 heterocycles. The fraction of sp³-hybridized carbons (Fsp3) is 0.917. The molecular weight excluding hydrogens is 288 g/mol. The van der Waals surface area contributed by atoms with Crippen LogP contribution in [0.1, 0.15) is 0 Å². The minimum atomic E-state index is -1.79. The van der Waals surface area contributed by atoms with Crippen LogP contribution in [-0.2, 0) is 19.0 Å². The highest BCUT2D eigenvalue weighted by atomic mass is 16.6. The van der Waals surface area contributed by atoms with Crippen molar-refractivity contribution in [1.82, 2.24) is 0 Å². The number of hydrogen-bond donors (Lipinski definition) is 5. The molecule has 6 unspecified atom stereocenters. The largest absolute Gasteiger partial charge is 0.394 e. The summed E-state index contributed by atoms with van der Waals surface area (Å²) in [5.41, 5.74) is 0. The van der Waals surface area contributed by atoms with E-state index in [-0.39, 0.29) is 6.29 Å². The zero-order chi connectivity index (χ0) is 15.8. The van der Waals surface area contributed by atoms with E-state index in [1.807, 2.05) is 0 Å². The first-order chi connectivity index (χ1) is 9.99. The zero-order valence-corrected chi connectivity index (χ0v) is 11.4. The molecule has 21 heavy (non-hydrogen) atoms. The van der Waals surface area contributed by atoms with Gasteiger partial charge in [-0.25, -0.2) is 0 Å². The van der Waals surface area contributed by atoms with Crippen molar-refractivity contribution in [1.29, 1.82) is 0 Å². The molecule has 5 N–H and O–H groups in total. The first-order valence-electron chi connectivity index (χ1n) is 6.59. The molecule has 2 fully saturated rings. The summed E-state index contributed by atoms with van der Waals surface area (Å²) >= 11 is 0. The van der Waals surface area contributed by atoms with E-state index >= 15 is 0 Å². The molecule has 2 rings (SSSR count). The van der Waals surface area contributed by atoms with Crippen LogP contribution in [-0.4, -0.2) is 101 Å². The first-order valence-corrected chi connectivity index (χ1v) is 6.59. The number of hydrogen-bond acceptors (Lipinski definition) is 9. The molecule has 0 aromatic heterocycles. The number of aliphatic hydroxyl groups is 5. The minimum absolute atomic E-state index is 0.0258. The summed E-state index contributed by atoms with van der Waals surface area (Å²) in [4.78, 5) is 9.90. The Hall–Kier alpha value is -0.650. The van der Waals surface area contributed by atoms with E-state index in [1.165, 1.54) is 0 Å². The molecule has 0 amide bonds. The van der Waals surface area contributed by atoms with Crippen LogP contribution < -0.4 is 0 Å². The van der Waals surface area contributed by atoms with Crippen LogP contribution in [0.4, 0.5) is 0 Å². The Kier molecular flexibility index (Phi) is 8.22. The Morgan fingerprint density at radius 3 is 1.86 bits per heavy atom. The summed E-state index contributed by atoms with van der Waals surface area (Å²) in [7, 11) is 0. The smallest absolute Gasteiger partial charge is 0.151 e. The van der Waals surface area contributed by atoms with Crippen LogP contribution in [0.15, 0.2) is 0 Å². The lowest BCUT2D eigenvalue weighted by atomic mass is 10.0. The molecule has 0 spiro atoms. The maximum atomic E-state index is 9.90. The van der Waals surface area contributed by atoms with Crippen molar-refractivity contribution in [2.24, 2.45) is 0 Å². The molecule has 0 aliphatic carbocycles. The lowest BCUT2D eigenvalue weighted by molar-refractivity contribution is -0.136. The lowest BCUT2D eigenvalue weighted by Crippen LogP contribution is -2.46. The molecule has 0 aromatic carbocycles. The van der Waals surface area contributed by atoms with Crippen LogP contribution >= 0.6 is 0 Å². The second-order valence-electron chi connectivity index (χ2n) is 4.81. The molecule has 0 aromatic rings. The molecular formula is C12H22O9. The van der Waals surface area contributed by atoms with Crippen molar-refractivity contribution in [2.45, 2.75) is 36.6 Å². The number of aldehydes is 1. The summed E-state index contributed by atoms with van der Waals surface area (Å²) in [5.74, 6) is 0. The number of ether oxygens (including phenoxy) is 3. The molecule has 2 aliphatic rings. The van der Waals surface area contributed by atoms with Crippen molar-refractivity contribution in [3.8, 4) is 0 Å². The van der Waals surface area contributed by atoms with Gasteiger partial charge in [-0.15, -0.1) is 0 Å². The highest BCUT2D eigenvalue weighted by molar-refractivity contribution is 5.56. The quantitative estimate of drug-likeness (QED) is 0.215. The third-order valence-corrected chi connectivity index (χ3v) is 2.83. The maximum absolute atomic E-state index is 9.90. The van der Waals surface area contributed by atoms with Crippen LogP contribution in [0.2, 0.25) is 0 Å². The van der Waals surface area contributed by atoms with Gasteiger partial charge < -0.3 is 44.5 Å². The van der Waals surface area contributed by atoms with Gasteiger partial charge in [0.15, 0.2) is 6.29 Å². The average molecular weight is 310 g/mol. The van der Waals surface area contributed by atoms with Gasteiger partial charge in [0.25, 0.3) is 0 Å². The van der Waals surface area contributed by atoms with Gasteiger partial charge in [-0.3, -0.25) is 0 Å². The predicted octanol–water partition coefficient (Wildman–Crippen LogP) is -3.58. The fourth-order valence-corrected chi connectivity index (χ4v) is 1.28. The number of aliphatic hydroxyl groups excluding tert-OH is 5. The number of carbonyl (C=O) groups is 1. The standard InChI is InChI=1S/C6H12O6.C6H10O3/c7-1-3(9)5(11)6(12)4(10)2-8;1(5-3-8-5)7-2-6-4-9-6/h1,3-6,8-12H,2H2;5-6H,1-4H2. The second kappa shape index (κ2) is 9.38. The first kappa shape index (κ1) is 18.4. The SMILES string of the molecule is C(OCC1CO1)C1CO1.O=CC(O)C(O)C(O)C(O)CO. The number of carbonyl (C=O) groups excluding carboxylic acids is 1. The summed E-state index contributed by atoms with van der Waals surface area (Å²) in [6.45, 7) is 2.50. The van der Waals surface area contributed by atoms with E-state index in [4.69, 9.17) is 39.7 Å². The molecule has 0 saturated carbocycles. The predicted molar refractivity (Wildman–Crippen MR) is 67.5 cm³/mol. The molecule has 2 saturated heterocycles. The molecule has 6 atom stereocenters. The number of rotatable bonds is 9. The van der Waals surface area contributed by atoms with Gasteiger partial charge in [0.2, 0.25) is 0 Å². The highest BCUT2D eigenvalue weighted by Gasteiger charge is 2.29. The topological polar surface area (TPSA) is 153 Å². The van der Waals surface area contributed by atoms with E-state index in [0.717, 1.165) is 26.4 Å².